The topological polar surface area (TPSA) is 37.8 Å². The maximum absolute atomic E-state index is 12.8. The largest absolute Gasteiger partial charge is 0.323 e. The van der Waals surface area contributed by atoms with Gasteiger partial charge in [-0.3, -0.25) is 9.36 Å². The summed E-state index contributed by atoms with van der Waals surface area (Å²) in [5, 5.41) is 0.826. The van der Waals surface area contributed by atoms with Gasteiger partial charge >= 0.3 is 0 Å². The molecule has 5 heteroatoms. The van der Waals surface area contributed by atoms with Crippen molar-refractivity contribution in [2.75, 3.05) is 0 Å². The number of hydrogen-bond acceptors (Lipinski definition) is 3. The number of rotatable bonds is 2. The molecule has 2 aromatic heterocycles. The lowest BCUT2D eigenvalue weighted by atomic mass is 9.98. The molecular formula is C15H20N2OS2. The van der Waals surface area contributed by atoms with E-state index in [1.807, 2.05) is 6.92 Å². The normalized spacial score (nSPS) is 22.8. The number of H-pyrrole nitrogens is 1. The van der Waals surface area contributed by atoms with Crippen LogP contribution in [0.5, 0.6) is 0 Å². The molecule has 0 radical (unpaired) electrons. The fraction of sp³-hybridized carbons (Fsp3) is 0.600. The van der Waals surface area contributed by atoms with E-state index in [1.54, 1.807) is 15.9 Å². The van der Waals surface area contributed by atoms with Crippen LogP contribution in [0.3, 0.4) is 0 Å². The molecule has 2 heterocycles. The summed E-state index contributed by atoms with van der Waals surface area (Å²) in [6.07, 6.45) is 3.76. The van der Waals surface area contributed by atoms with Crippen LogP contribution in [0.25, 0.3) is 10.2 Å². The van der Waals surface area contributed by atoms with Gasteiger partial charge in [-0.2, -0.15) is 0 Å². The highest BCUT2D eigenvalue weighted by molar-refractivity contribution is 7.71. The Balaban J connectivity index is 2.13. The van der Waals surface area contributed by atoms with E-state index < -0.39 is 0 Å². The lowest BCUT2D eigenvalue weighted by molar-refractivity contribution is 0.356. The quantitative estimate of drug-likeness (QED) is 0.845. The molecule has 2 unspecified atom stereocenters. The van der Waals surface area contributed by atoms with Gasteiger partial charge < -0.3 is 4.98 Å². The number of fused-ring (bicyclic) bond motifs is 1. The second kappa shape index (κ2) is 5.11. The minimum Gasteiger partial charge on any atom is -0.323 e. The van der Waals surface area contributed by atoms with Crippen molar-refractivity contribution in [3.63, 3.8) is 0 Å². The van der Waals surface area contributed by atoms with Crippen molar-refractivity contribution >= 4 is 33.8 Å². The molecule has 1 fully saturated rings. The van der Waals surface area contributed by atoms with E-state index in [2.05, 4.69) is 18.8 Å². The molecule has 0 amide bonds. The minimum absolute atomic E-state index is 0.0877. The molecule has 2 aromatic rings. The molecule has 108 valence electrons. The van der Waals surface area contributed by atoms with Crippen LogP contribution in [-0.2, 0) is 6.54 Å². The third-order valence-corrected chi connectivity index (χ3v) is 6.21. The van der Waals surface area contributed by atoms with E-state index in [4.69, 9.17) is 12.2 Å². The Labute approximate surface area is 127 Å². The van der Waals surface area contributed by atoms with Gasteiger partial charge in [0.1, 0.15) is 4.83 Å². The summed E-state index contributed by atoms with van der Waals surface area (Å²) in [7, 11) is 0. The van der Waals surface area contributed by atoms with Crippen molar-refractivity contribution in [1.29, 1.82) is 0 Å². The number of nitrogens with zero attached hydrogens (tertiary/aromatic N) is 1. The Morgan fingerprint density at radius 3 is 2.80 bits per heavy atom. The van der Waals surface area contributed by atoms with Crippen LogP contribution >= 0.6 is 23.6 Å². The van der Waals surface area contributed by atoms with Crippen molar-refractivity contribution in [2.45, 2.75) is 46.6 Å². The van der Waals surface area contributed by atoms with E-state index in [-0.39, 0.29) is 5.56 Å². The van der Waals surface area contributed by atoms with Crippen LogP contribution in [0.2, 0.25) is 0 Å². The van der Waals surface area contributed by atoms with E-state index in [0.717, 1.165) is 22.3 Å². The highest BCUT2D eigenvalue weighted by Gasteiger charge is 2.25. The molecule has 1 N–H and O–H groups in total. The molecule has 1 aliphatic carbocycles. The van der Waals surface area contributed by atoms with Gasteiger partial charge in [0.25, 0.3) is 5.56 Å². The third-order valence-electron chi connectivity index (χ3n) is 4.77. The maximum Gasteiger partial charge on any atom is 0.263 e. The van der Waals surface area contributed by atoms with Gasteiger partial charge in [-0.1, -0.05) is 19.8 Å². The van der Waals surface area contributed by atoms with Crippen molar-refractivity contribution in [2.24, 2.45) is 11.8 Å². The van der Waals surface area contributed by atoms with Gasteiger partial charge in [0.2, 0.25) is 0 Å². The van der Waals surface area contributed by atoms with Gasteiger partial charge in [-0.25, -0.2) is 0 Å². The molecule has 3 rings (SSSR count). The summed E-state index contributed by atoms with van der Waals surface area (Å²) in [5.74, 6) is 1.28. The Morgan fingerprint density at radius 1 is 1.40 bits per heavy atom. The summed E-state index contributed by atoms with van der Waals surface area (Å²) >= 11 is 7.03. The van der Waals surface area contributed by atoms with E-state index >= 15 is 0 Å². The van der Waals surface area contributed by atoms with Crippen molar-refractivity contribution in [3.8, 4) is 0 Å². The average molecular weight is 308 g/mol. The summed E-state index contributed by atoms with van der Waals surface area (Å²) < 4.78 is 2.35. The third kappa shape index (κ3) is 2.17. The molecule has 2 atom stereocenters. The second-order valence-electron chi connectivity index (χ2n) is 6.00. The predicted molar refractivity (Wildman–Crippen MR) is 87.2 cm³/mol. The number of nitrogens with one attached hydrogen (secondary N) is 1. The molecule has 0 aliphatic heterocycles. The molecule has 1 saturated carbocycles. The zero-order valence-electron chi connectivity index (χ0n) is 12.2. The smallest absolute Gasteiger partial charge is 0.263 e. The standard InChI is InChI=1S/C15H20N2OS2/c1-8-5-4-6-11(8)7-17-14(18)12-9(2)10(3)20-13(12)16-15(17)19/h8,11H,4-7H2,1-3H3,(H,16,19). The Bertz CT molecular complexity index is 768. The highest BCUT2D eigenvalue weighted by Crippen LogP contribution is 2.32. The SMILES string of the molecule is Cc1sc2[nH]c(=S)n(CC3CCCC3C)c(=O)c2c1C. The lowest BCUT2D eigenvalue weighted by Crippen LogP contribution is -2.26. The first kappa shape index (κ1) is 14.0. The highest BCUT2D eigenvalue weighted by atomic mass is 32.1. The van der Waals surface area contributed by atoms with Crippen LogP contribution in [0.1, 0.15) is 36.6 Å². The number of aromatic amines is 1. The molecule has 3 nitrogen and oxygen atoms in total. The first-order chi connectivity index (χ1) is 9.49. The lowest BCUT2D eigenvalue weighted by Gasteiger charge is -2.16. The second-order valence-corrected chi connectivity index (χ2v) is 7.61. The van der Waals surface area contributed by atoms with Crippen LogP contribution in [0, 0.1) is 30.5 Å². The predicted octanol–water partition coefficient (Wildman–Crippen LogP) is 4.17. The summed E-state index contributed by atoms with van der Waals surface area (Å²) in [6.45, 7) is 7.13. The first-order valence-corrected chi connectivity index (χ1v) is 8.44. The van der Waals surface area contributed by atoms with Crippen LogP contribution < -0.4 is 5.56 Å². The first-order valence-electron chi connectivity index (χ1n) is 7.22. The number of hydrogen-bond donors (Lipinski definition) is 1. The number of aryl methyl sites for hydroxylation is 2. The molecule has 0 aromatic carbocycles. The molecule has 0 bridgehead atoms. The van der Waals surface area contributed by atoms with E-state index in [0.29, 0.717) is 16.6 Å². The molecule has 0 saturated heterocycles. The van der Waals surface area contributed by atoms with Gasteiger partial charge in [-0.15, -0.1) is 11.3 Å². The van der Waals surface area contributed by atoms with Crippen molar-refractivity contribution in [3.05, 3.63) is 25.6 Å². The Morgan fingerprint density at radius 2 is 2.15 bits per heavy atom. The van der Waals surface area contributed by atoms with Gasteiger partial charge in [0.15, 0.2) is 4.77 Å². The molecular weight excluding hydrogens is 288 g/mol. The minimum atomic E-state index is 0.0877. The summed E-state index contributed by atoms with van der Waals surface area (Å²) in [6, 6.07) is 0. The van der Waals surface area contributed by atoms with Crippen LogP contribution in [0.15, 0.2) is 4.79 Å². The van der Waals surface area contributed by atoms with E-state index in [9.17, 15) is 4.79 Å². The molecule has 20 heavy (non-hydrogen) atoms. The number of aromatic nitrogens is 2. The monoisotopic (exact) mass is 308 g/mol. The average Bonchev–Trinajstić information content (AvgIpc) is 2.90. The van der Waals surface area contributed by atoms with Gasteiger partial charge in [-0.05, 0) is 49.9 Å². The summed E-state index contributed by atoms with van der Waals surface area (Å²) in [4.78, 5) is 18.1. The molecule has 1 aliphatic rings. The van der Waals surface area contributed by atoms with E-state index in [1.165, 1.54) is 24.1 Å². The van der Waals surface area contributed by atoms with Crippen molar-refractivity contribution in [1.82, 2.24) is 9.55 Å². The fourth-order valence-electron chi connectivity index (χ4n) is 3.26. The zero-order chi connectivity index (χ0) is 14.4. The maximum atomic E-state index is 12.8. The Hall–Kier alpha value is -0.940. The van der Waals surface area contributed by atoms with Crippen LogP contribution in [0.4, 0.5) is 0 Å². The zero-order valence-corrected chi connectivity index (χ0v) is 13.8. The Kier molecular flexibility index (Phi) is 3.58. The fourth-order valence-corrected chi connectivity index (χ4v) is 4.63. The van der Waals surface area contributed by atoms with Gasteiger partial charge in [0.05, 0.1) is 5.39 Å². The number of thiophene rings is 1. The van der Waals surface area contributed by atoms with Gasteiger partial charge in [0, 0.05) is 11.4 Å². The van der Waals surface area contributed by atoms with Crippen LogP contribution in [-0.4, -0.2) is 9.55 Å². The van der Waals surface area contributed by atoms with Crippen molar-refractivity contribution < 1.29 is 0 Å². The molecule has 0 spiro atoms. The summed E-state index contributed by atoms with van der Waals surface area (Å²) in [5.41, 5.74) is 1.18.